The number of nitrogens with one attached hydrogen (secondary N) is 1. The molecule has 1 saturated carbocycles. The van der Waals surface area contributed by atoms with E-state index < -0.39 is 0 Å². The molecule has 0 atom stereocenters. The zero-order chi connectivity index (χ0) is 16.1. The van der Waals surface area contributed by atoms with Gasteiger partial charge in [0.1, 0.15) is 5.82 Å². The highest BCUT2D eigenvalue weighted by Crippen LogP contribution is 2.27. The molecule has 1 aliphatic rings. The summed E-state index contributed by atoms with van der Waals surface area (Å²) in [5.74, 6) is 1.97. The van der Waals surface area contributed by atoms with Gasteiger partial charge in [0, 0.05) is 19.5 Å². The third kappa shape index (κ3) is 4.12. The number of fused-ring (bicyclic) bond motifs is 1. The molecule has 0 saturated heterocycles. The van der Waals surface area contributed by atoms with Gasteiger partial charge in [-0.3, -0.25) is 4.79 Å². The van der Waals surface area contributed by atoms with Crippen molar-refractivity contribution in [3.63, 3.8) is 0 Å². The van der Waals surface area contributed by atoms with Crippen molar-refractivity contribution in [2.24, 2.45) is 5.92 Å². The molecule has 2 aromatic rings. The summed E-state index contributed by atoms with van der Waals surface area (Å²) >= 11 is 0. The second-order valence-corrected chi connectivity index (χ2v) is 6.69. The molecule has 0 unspecified atom stereocenters. The van der Waals surface area contributed by atoms with Crippen molar-refractivity contribution in [3.8, 4) is 0 Å². The van der Waals surface area contributed by atoms with Crippen molar-refractivity contribution in [3.05, 3.63) is 30.1 Å². The van der Waals surface area contributed by atoms with Gasteiger partial charge in [0.25, 0.3) is 0 Å². The molecule has 0 aliphatic heterocycles. The van der Waals surface area contributed by atoms with Crippen LogP contribution in [0.1, 0.15) is 50.8 Å². The first-order valence-electron chi connectivity index (χ1n) is 8.92. The van der Waals surface area contributed by atoms with Crippen molar-refractivity contribution in [1.82, 2.24) is 14.9 Å². The molecule has 4 nitrogen and oxygen atoms in total. The number of rotatable bonds is 6. The third-order valence-electron chi connectivity index (χ3n) is 5.01. The van der Waals surface area contributed by atoms with Crippen LogP contribution in [0.5, 0.6) is 0 Å². The predicted molar refractivity (Wildman–Crippen MR) is 93.3 cm³/mol. The molecule has 1 amide bonds. The molecule has 1 aromatic carbocycles. The lowest BCUT2D eigenvalue weighted by Crippen LogP contribution is -2.27. The van der Waals surface area contributed by atoms with Crippen LogP contribution in [-0.4, -0.2) is 22.0 Å². The number of carbonyl (C=O) groups is 1. The number of benzene rings is 1. The molecule has 0 bridgehead atoms. The number of carbonyl (C=O) groups excluding carboxylic acids is 1. The zero-order valence-corrected chi connectivity index (χ0v) is 14.1. The Kier molecular flexibility index (Phi) is 5.31. The number of imidazole rings is 1. The first kappa shape index (κ1) is 16.0. The lowest BCUT2D eigenvalue weighted by molar-refractivity contribution is -0.121. The maximum atomic E-state index is 12.0. The fourth-order valence-corrected chi connectivity index (χ4v) is 3.68. The lowest BCUT2D eigenvalue weighted by atomic mass is 9.86. The largest absolute Gasteiger partial charge is 0.354 e. The van der Waals surface area contributed by atoms with Crippen LogP contribution in [0.15, 0.2) is 24.3 Å². The maximum Gasteiger partial charge on any atom is 0.220 e. The minimum atomic E-state index is 0.192. The van der Waals surface area contributed by atoms with Crippen molar-refractivity contribution in [1.29, 1.82) is 0 Å². The molecule has 1 fully saturated rings. The summed E-state index contributed by atoms with van der Waals surface area (Å²) in [7, 11) is 0. The van der Waals surface area contributed by atoms with E-state index in [0.717, 1.165) is 35.7 Å². The Balaban J connectivity index is 1.45. The van der Waals surface area contributed by atoms with Gasteiger partial charge in [-0.1, -0.05) is 44.2 Å². The molecule has 1 N–H and O–H groups in total. The highest BCUT2D eigenvalue weighted by molar-refractivity contribution is 5.76. The van der Waals surface area contributed by atoms with Crippen molar-refractivity contribution in [2.45, 2.75) is 58.4 Å². The van der Waals surface area contributed by atoms with Crippen LogP contribution in [0.4, 0.5) is 0 Å². The summed E-state index contributed by atoms with van der Waals surface area (Å²) in [6, 6.07) is 8.15. The van der Waals surface area contributed by atoms with Gasteiger partial charge < -0.3 is 9.88 Å². The van der Waals surface area contributed by atoms with E-state index in [1.807, 2.05) is 25.1 Å². The second kappa shape index (κ2) is 7.62. The molecule has 23 heavy (non-hydrogen) atoms. The average Bonchev–Trinajstić information content (AvgIpc) is 2.90. The number of amides is 1. The van der Waals surface area contributed by atoms with E-state index in [-0.39, 0.29) is 5.91 Å². The summed E-state index contributed by atoms with van der Waals surface area (Å²) in [6.07, 6.45) is 8.42. The first-order valence-corrected chi connectivity index (χ1v) is 8.92. The SMILES string of the molecule is Cc1nc2ccccc2n1CCNC(=O)CCC1CCCCC1. The first-order chi connectivity index (χ1) is 11.2. The average molecular weight is 313 g/mol. The minimum absolute atomic E-state index is 0.192. The van der Waals surface area contributed by atoms with Crippen LogP contribution >= 0.6 is 0 Å². The standard InChI is InChI=1S/C19H27N3O/c1-15-21-17-9-5-6-10-18(17)22(15)14-13-20-19(23)12-11-16-7-3-2-4-8-16/h5-6,9-10,16H,2-4,7-8,11-14H2,1H3,(H,20,23). The van der Waals surface area contributed by atoms with Crippen molar-refractivity contribution < 1.29 is 4.79 Å². The topological polar surface area (TPSA) is 46.9 Å². The number of para-hydroxylation sites is 2. The highest BCUT2D eigenvalue weighted by Gasteiger charge is 2.14. The van der Waals surface area contributed by atoms with Gasteiger partial charge >= 0.3 is 0 Å². The summed E-state index contributed by atoms with van der Waals surface area (Å²) in [5, 5.41) is 3.06. The Morgan fingerprint density at radius 3 is 2.87 bits per heavy atom. The van der Waals surface area contributed by atoms with Gasteiger partial charge in [-0.25, -0.2) is 4.98 Å². The number of hydrogen-bond acceptors (Lipinski definition) is 2. The van der Waals surface area contributed by atoms with Crippen molar-refractivity contribution >= 4 is 16.9 Å². The highest BCUT2D eigenvalue weighted by atomic mass is 16.1. The molecule has 0 spiro atoms. The molecule has 124 valence electrons. The lowest BCUT2D eigenvalue weighted by Gasteiger charge is -2.21. The number of hydrogen-bond donors (Lipinski definition) is 1. The Labute approximate surface area is 138 Å². The summed E-state index contributed by atoms with van der Waals surface area (Å²) < 4.78 is 2.18. The van der Waals surface area contributed by atoms with E-state index >= 15 is 0 Å². The van der Waals surface area contributed by atoms with Crippen LogP contribution in [0.25, 0.3) is 11.0 Å². The van der Waals surface area contributed by atoms with Gasteiger partial charge in [-0.2, -0.15) is 0 Å². The number of aryl methyl sites for hydroxylation is 1. The van der Waals surface area contributed by atoms with Crippen LogP contribution in [0, 0.1) is 12.8 Å². The third-order valence-corrected chi connectivity index (χ3v) is 5.01. The van der Waals surface area contributed by atoms with E-state index in [1.165, 1.54) is 32.1 Å². The molecule has 0 radical (unpaired) electrons. The van der Waals surface area contributed by atoms with Gasteiger partial charge in [0.05, 0.1) is 11.0 Å². The molecule has 1 aliphatic carbocycles. The summed E-state index contributed by atoms with van der Waals surface area (Å²) in [5.41, 5.74) is 2.16. The fourth-order valence-electron chi connectivity index (χ4n) is 3.68. The van der Waals surface area contributed by atoms with Crippen LogP contribution in [0.2, 0.25) is 0 Å². The molecule has 4 heteroatoms. The Bertz CT molecular complexity index is 656. The molecular formula is C19H27N3O. The molecule has 1 aromatic heterocycles. The molecule has 1 heterocycles. The summed E-state index contributed by atoms with van der Waals surface area (Å²) in [4.78, 5) is 16.6. The summed E-state index contributed by atoms with van der Waals surface area (Å²) in [6.45, 7) is 3.47. The Morgan fingerprint density at radius 2 is 2.04 bits per heavy atom. The molecule has 3 rings (SSSR count). The number of aromatic nitrogens is 2. The number of nitrogens with zero attached hydrogens (tertiary/aromatic N) is 2. The van der Waals surface area contributed by atoms with Crippen LogP contribution < -0.4 is 5.32 Å². The van der Waals surface area contributed by atoms with Gasteiger partial charge in [0.15, 0.2) is 0 Å². The molecular weight excluding hydrogens is 286 g/mol. The van der Waals surface area contributed by atoms with E-state index in [1.54, 1.807) is 0 Å². The fraction of sp³-hybridized carbons (Fsp3) is 0.579. The van der Waals surface area contributed by atoms with Crippen molar-refractivity contribution in [2.75, 3.05) is 6.54 Å². The van der Waals surface area contributed by atoms with E-state index in [4.69, 9.17) is 0 Å². The normalized spacial score (nSPS) is 15.9. The van der Waals surface area contributed by atoms with Gasteiger partial charge in [0.2, 0.25) is 5.91 Å². The smallest absolute Gasteiger partial charge is 0.220 e. The van der Waals surface area contributed by atoms with Gasteiger partial charge in [-0.15, -0.1) is 0 Å². The van der Waals surface area contributed by atoms with Gasteiger partial charge in [-0.05, 0) is 31.4 Å². The monoisotopic (exact) mass is 313 g/mol. The minimum Gasteiger partial charge on any atom is -0.354 e. The van der Waals surface area contributed by atoms with Crippen LogP contribution in [0.3, 0.4) is 0 Å². The Hall–Kier alpha value is -1.84. The van der Waals surface area contributed by atoms with E-state index in [2.05, 4.69) is 20.9 Å². The Morgan fingerprint density at radius 1 is 1.26 bits per heavy atom. The quantitative estimate of drug-likeness (QED) is 0.881. The van der Waals surface area contributed by atoms with E-state index in [0.29, 0.717) is 13.0 Å². The van der Waals surface area contributed by atoms with E-state index in [9.17, 15) is 4.79 Å². The zero-order valence-electron chi connectivity index (χ0n) is 14.1. The second-order valence-electron chi connectivity index (χ2n) is 6.69. The van der Waals surface area contributed by atoms with Crippen LogP contribution in [-0.2, 0) is 11.3 Å². The maximum absolute atomic E-state index is 12.0. The predicted octanol–water partition coefficient (Wildman–Crippen LogP) is 3.82.